The lowest BCUT2D eigenvalue weighted by Gasteiger charge is -2.11. The number of phenolic OH excluding ortho intramolecular Hbond substituents is 1. The van der Waals surface area contributed by atoms with Crippen LogP contribution in [0.1, 0.15) is 0 Å². The van der Waals surface area contributed by atoms with Gasteiger partial charge in [0.1, 0.15) is 5.75 Å². The average Bonchev–Trinajstić information content (AvgIpc) is 2.04. The quantitative estimate of drug-likeness (QED) is 0.619. The highest BCUT2D eigenvalue weighted by Crippen LogP contribution is 2.33. The number of rotatable bonds is 0. The number of fused-ring (bicyclic) bond motifs is 1. The molecule has 0 amide bonds. The lowest BCUT2D eigenvalue weighted by Crippen LogP contribution is -1.92. The number of phenols is 1. The minimum absolute atomic E-state index is 0.298. The van der Waals surface area contributed by atoms with Crippen molar-refractivity contribution >= 4 is 17.4 Å². The Hall–Kier alpha value is -1.09. The fourth-order valence-electron chi connectivity index (χ4n) is 0.965. The molecule has 0 aliphatic carbocycles. The molecule has 0 aromatic heterocycles. The third-order valence-corrected chi connectivity index (χ3v) is 2.35. The van der Waals surface area contributed by atoms with Crippen LogP contribution in [0.4, 0.5) is 5.69 Å². The molecule has 1 aliphatic rings. The van der Waals surface area contributed by atoms with Crippen LogP contribution in [0.5, 0.6) is 5.75 Å². The van der Waals surface area contributed by atoms with E-state index in [1.54, 1.807) is 23.9 Å². The van der Waals surface area contributed by atoms with Crippen LogP contribution in [0, 0.1) is 0 Å². The van der Waals surface area contributed by atoms with Crippen LogP contribution < -0.4 is 5.32 Å². The van der Waals surface area contributed by atoms with E-state index in [9.17, 15) is 0 Å². The van der Waals surface area contributed by atoms with Crippen LogP contribution in [0.15, 0.2) is 34.7 Å². The number of hydrogen-bond acceptors (Lipinski definition) is 3. The van der Waals surface area contributed by atoms with Gasteiger partial charge in [0.25, 0.3) is 0 Å². The topological polar surface area (TPSA) is 32.3 Å². The van der Waals surface area contributed by atoms with E-state index in [1.807, 2.05) is 17.7 Å². The Kier molecular flexibility index (Phi) is 1.51. The number of aromatic hydroxyl groups is 1. The van der Waals surface area contributed by atoms with Gasteiger partial charge in [0.15, 0.2) is 0 Å². The third kappa shape index (κ3) is 1.19. The van der Waals surface area contributed by atoms with Crippen molar-refractivity contribution in [3.05, 3.63) is 29.8 Å². The Labute approximate surface area is 68.9 Å². The minimum Gasteiger partial charge on any atom is -0.508 e. The van der Waals surface area contributed by atoms with E-state index in [-0.39, 0.29) is 0 Å². The summed E-state index contributed by atoms with van der Waals surface area (Å²) in [6, 6.07) is 5.30. The van der Waals surface area contributed by atoms with Crippen LogP contribution in [-0.2, 0) is 0 Å². The van der Waals surface area contributed by atoms with Crippen LogP contribution in [0.3, 0.4) is 0 Å². The van der Waals surface area contributed by atoms with Crippen molar-refractivity contribution in [1.82, 2.24) is 0 Å². The van der Waals surface area contributed by atoms with Gasteiger partial charge in [-0.1, -0.05) is 11.8 Å². The van der Waals surface area contributed by atoms with Gasteiger partial charge in [0, 0.05) is 17.2 Å². The van der Waals surface area contributed by atoms with Crippen LogP contribution in [-0.4, -0.2) is 5.11 Å². The molecule has 2 rings (SSSR count). The summed E-state index contributed by atoms with van der Waals surface area (Å²) in [5, 5.41) is 14.1. The largest absolute Gasteiger partial charge is 0.508 e. The minimum atomic E-state index is 0.298. The standard InChI is InChI=1S/C8H7NOS/c10-6-1-2-8-7(5-6)9-3-4-11-8/h1-5,9-10H. The number of thioether (sulfide) groups is 1. The summed E-state index contributed by atoms with van der Waals surface area (Å²) >= 11 is 1.64. The van der Waals surface area contributed by atoms with Gasteiger partial charge in [-0.05, 0) is 17.5 Å². The van der Waals surface area contributed by atoms with Crippen molar-refractivity contribution < 1.29 is 5.11 Å². The highest BCUT2D eigenvalue weighted by atomic mass is 32.2. The van der Waals surface area contributed by atoms with Crippen LogP contribution in [0.25, 0.3) is 0 Å². The first-order chi connectivity index (χ1) is 5.36. The molecule has 0 atom stereocenters. The van der Waals surface area contributed by atoms with Crippen molar-refractivity contribution in [3.63, 3.8) is 0 Å². The van der Waals surface area contributed by atoms with Gasteiger partial charge in [-0.2, -0.15) is 0 Å². The van der Waals surface area contributed by atoms with Gasteiger partial charge in [-0.3, -0.25) is 0 Å². The highest BCUT2D eigenvalue weighted by molar-refractivity contribution is 8.02. The van der Waals surface area contributed by atoms with Crippen molar-refractivity contribution in [2.75, 3.05) is 5.32 Å². The lowest BCUT2D eigenvalue weighted by atomic mass is 10.3. The van der Waals surface area contributed by atoms with E-state index < -0.39 is 0 Å². The first kappa shape index (κ1) is 6.61. The molecule has 2 N–H and O–H groups in total. The molecule has 11 heavy (non-hydrogen) atoms. The van der Waals surface area contributed by atoms with E-state index in [0.29, 0.717) is 5.75 Å². The second-order valence-electron chi connectivity index (χ2n) is 2.25. The van der Waals surface area contributed by atoms with E-state index in [0.717, 1.165) is 10.6 Å². The lowest BCUT2D eigenvalue weighted by molar-refractivity contribution is 0.475. The Bertz CT molecular complexity index is 309. The Balaban J connectivity index is 2.48. The molecule has 56 valence electrons. The zero-order valence-electron chi connectivity index (χ0n) is 5.74. The molecule has 1 aliphatic heterocycles. The van der Waals surface area contributed by atoms with Gasteiger partial charge >= 0.3 is 0 Å². The maximum atomic E-state index is 9.11. The molecule has 1 aromatic carbocycles. The van der Waals surface area contributed by atoms with Gasteiger partial charge in [0.2, 0.25) is 0 Å². The first-order valence-corrected chi connectivity index (χ1v) is 4.15. The maximum absolute atomic E-state index is 9.11. The molecule has 3 heteroatoms. The van der Waals surface area contributed by atoms with Crippen molar-refractivity contribution in [1.29, 1.82) is 0 Å². The average molecular weight is 165 g/mol. The van der Waals surface area contributed by atoms with Crippen molar-refractivity contribution in [2.45, 2.75) is 4.90 Å². The van der Waals surface area contributed by atoms with E-state index >= 15 is 0 Å². The smallest absolute Gasteiger partial charge is 0.117 e. The molecule has 2 nitrogen and oxygen atoms in total. The van der Waals surface area contributed by atoms with Crippen molar-refractivity contribution in [3.8, 4) is 5.75 Å². The van der Waals surface area contributed by atoms with E-state index in [4.69, 9.17) is 5.11 Å². The molecule has 0 saturated heterocycles. The SMILES string of the molecule is Oc1ccc2c(c1)NC=CS2. The zero-order valence-corrected chi connectivity index (χ0v) is 6.56. The van der Waals surface area contributed by atoms with Crippen molar-refractivity contribution in [2.24, 2.45) is 0 Å². The van der Waals surface area contributed by atoms with Gasteiger partial charge in [0.05, 0.1) is 5.69 Å². The maximum Gasteiger partial charge on any atom is 0.117 e. The monoisotopic (exact) mass is 165 g/mol. The second kappa shape index (κ2) is 2.51. The molecule has 0 fully saturated rings. The van der Waals surface area contributed by atoms with E-state index in [2.05, 4.69) is 5.32 Å². The Morgan fingerprint density at radius 2 is 2.27 bits per heavy atom. The zero-order chi connectivity index (χ0) is 7.68. The molecule has 0 bridgehead atoms. The van der Waals surface area contributed by atoms with Gasteiger partial charge in [-0.25, -0.2) is 0 Å². The predicted molar refractivity (Wildman–Crippen MR) is 46.7 cm³/mol. The van der Waals surface area contributed by atoms with Gasteiger partial charge < -0.3 is 10.4 Å². The van der Waals surface area contributed by atoms with Gasteiger partial charge in [-0.15, -0.1) is 0 Å². The molecule has 0 spiro atoms. The Morgan fingerprint density at radius 1 is 1.36 bits per heavy atom. The molecule has 1 aromatic rings. The summed E-state index contributed by atoms with van der Waals surface area (Å²) in [5.41, 5.74) is 0.970. The Morgan fingerprint density at radius 3 is 3.18 bits per heavy atom. The summed E-state index contributed by atoms with van der Waals surface area (Å²) in [6.07, 6.45) is 1.85. The molecular formula is C8H7NOS. The summed E-state index contributed by atoms with van der Waals surface area (Å²) in [4.78, 5) is 1.14. The first-order valence-electron chi connectivity index (χ1n) is 3.27. The molecule has 0 saturated carbocycles. The number of nitrogens with one attached hydrogen (secondary N) is 1. The molecule has 1 heterocycles. The normalized spacial score (nSPS) is 13.8. The third-order valence-electron chi connectivity index (χ3n) is 1.47. The molecule has 0 radical (unpaired) electrons. The summed E-state index contributed by atoms with van der Waals surface area (Å²) in [5.74, 6) is 0.298. The highest BCUT2D eigenvalue weighted by Gasteiger charge is 2.04. The fraction of sp³-hybridized carbons (Fsp3) is 0. The molecular weight excluding hydrogens is 158 g/mol. The molecule has 0 unspecified atom stereocenters. The summed E-state index contributed by atoms with van der Waals surface area (Å²) in [7, 11) is 0. The predicted octanol–water partition coefficient (Wildman–Crippen LogP) is 2.38. The van der Waals surface area contributed by atoms with Crippen LogP contribution >= 0.6 is 11.8 Å². The number of hydrogen-bond donors (Lipinski definition) is 2. The fourth-order valence-corrected chi connectivity index (χ4v) is 1.64. The number of anilines is 1. The van der Waals surface area contributed by atoms with E-state index in [1.165, 1.54) is 0 Å². The summed E-state index contributed by atoms with van der Waals surface area (Å²) < 4.78 is 0. The van der Waals surface area contributed by atoms with Crippen LogP contribution in [0.2, 0.25) is 0 Å². The number of benzene rings is 1. The second-order valence-corrected chi connectivity index (χ2v) is 3.19. The summed E-state index contributed by atoms with van der Waals surface area (Å²) in [6.45, 7) is 0.